The molecular weight excluding hydrogens is 406 g/mol. The topological polar surface area (TPSA) is 82.5 Å². The van der Waals surface area contributed by atoms with E-state index in [0.717, 1.165) is 16.6 Å². The van der Waals surface area contributed by atoms with Crippen LogP contribution in [0.5, 0.6) is 11.5 Å². The Balaban J connectivity index is 1.65. The molecule has 7 nitrogen and oxygen atoms in total. The molecular formula is C25H21N3O4. The lowest BCUT2D eigenvalue weighted by Crippen LogP contribution is -2.43. The van der Waals surface area contributed by atoms with Crippen molar-refractivity contribution in [1.29, 1.82) is 0 Å². The Labute approximate surface area is 184 Å². The number of amides is 1. The third-order valence-electron chi connectivity index (χ3n) is 5.43. The molecule has 0 radical (unpaired) electrons. The molecule has 32 heavy (non-hydrogen) atoms. The van der Waals surface area contributed by atoms with Crippen LogP contribution in [0.1, 0.15) is 18.5 Å². The van der Waals surface area contributed by atoms with Gasteiger partial charge in [-0.05, 0) is 48.9 Å². The molecule has 1 aliphatic heterocycles. The number of benzene rings is 3. The maximum atomic E-state index is 13.0. The van der Waals surface area contributed by atoms with Gasteiger partial charge in [-0.2, -0.15) is 0 Å². The number of para-hydroxylation sites is 3. The van der Waals surface area contributed by atoms with E-state index < -0.39 is 23.8 Å². The second-order valence-electron chi connectivity index (χ2n) is 7.45. The number of imidazole rings is 1. The van der Waals surface area contributed by atoms with Crippen molar-refractivity contribution >= 4 is 28.9 Å². The minimum absolute atomic E-state index is 0.185. The predicted octanol–water partition coefficient (Wildman–Crippen LogP) is 4.55. The first-order chi connectivity index (χ1) is 15.7. The zero-order chi connectivity index (χ0) is 22.1. The molecule has 0 saturated carbocycles. The van der Waals surface area contributed by atoms with Crippen LogP contribution in [0.2, 0.25) is 0 Å². The summed E-state index contributed by atoms with van der Waals surface area (Å²) in [7, 11) is 0. The molecule has 1 aliphatic rings. The van der Waals surface area contributed by atoms with E-state index in [1.54, 1.807) is 6.92 Å². The average molecular weight is 427 g/mol. The summed E-state index contributed by atoms with van der Waals surface area (Å²) in [6, 6.07) is 23.8. The minimum Gasteiger partial charge on any atom is -0.465 e. The van der Waals surface area contributed by atoms with E-state index in [9.17, 15) is 9.59 Å². The van der Waals surface area contributed by atoms with Gasteiger partial charge >= 0.3 is 5.97 Å². The highest BCUT2D eigenvalue weighted by molar-refractivity contribution is 6.07. The molecule has 0 fully saturated rings. The second kappa shape index (κ2) is 8.19. The van der Waals surface area contributed by atoms with Gasteiger partial charge in [0.2, 0.25) is 11.9 Å². The fourth-order valence-corrected chi connectivity index (χ4v) is 4.09. The van der Waals surface area contributed by atoms with Crippen LogP contribution < -0.4 is 10.1 Å². The third-order valence-corrected chi connectivity index (χ3v) is 5.43. The molecule has 0 unspecified atom stereocenters. The van der Waals surface area contributed by atoms with E-state index in [1.165, 1.54) is 0 Å². The van der Waals surface area contributed by atoms with E-state index in [0.29, 0.717) is 17.4 Å². The van der Waals surface area contributed by atoms with Crippen LogP contribution in [0.3, 0.4) is 0 Å². The molecule has 0 aliphatic carbocycles. The van der Waals surface area contributed by atoms with Gasteiger partial charge in [0.15, 0.2) is 5.92 Å². The summed E-state index contributed by atoms with van der Waals surface area (Å²) in [5.41, 5.74) is 2.29. The summed E-state index contributed by atoms with van der Waals surface area (Å²) >= 11 is 0. The number of anilines is 1. The molecule has 2 heterocycles. The van der Waals surface area contributed by atoms with Crippen molar-refractivity contribution in [2.24, 2.45) is 5.92 Å². The van der Waals surface area contributed by atoms with Gasteiger partial charge in [0.1, 0.15) is 11.5 Å². The summed E-state index contributed by atoms with van der Waals surface area (Å²) in [5, 5.41) is 2.77. The van der Waals surface area contributed by atoms with Crippen molar-refractivity contribution in [2.75, 3.05) is 11.9 Å². The Bertz CT molecular complexity index is 1300. The summed E-state index contributed by atoms with van der Waals surface area (Å²) in [6.07, 6.45) is 0. The number of esters is 1. The van der Waals surface area contributed by atoms with Crippen molar-refractivity contribution in [3.05, 3.63) is 84.4 Å². The number of rotatable bonds is 5. The maximum absolute atomic E-state index is 13.0. The normalized spacial score (nSPS) is 17.5. The van der Waals surface area contributed by atoms with Crippen LogP contribution in [-0.4, -0.2) is 28.0 Å². The first-order valence-electron chi connectivity index (χ1n) is 10.4. The van der Waals surface area contributed by atoms with Crippen LogP contribution in [0.25, 0.3) is 11.0 Å². The Morgan fingerprint density at radius 2 is 1.75 bits per heavy atom. The fourth-order valence-electron chi connectivity index (χ4n) is 4.09. The largest absolute Gasteiger partial charge is 0.465 e. The third kappa shape index (κ3) is 3.47. The second-order valence-corrected chi connectivity index (χ2v) is 7.45. The van der Waals surface area contributed by atoms with Gasteiger partial charge < -0.3 is 14.0 Å². The molecule has 4 aromatic rings. The summed E-state index contributed by atoms with van der Waals surface area (Å²) in [5.74, 6) is -0.378. The monoisotopic (exact) mass is 427 g/mol. The standard InChI is InChI=1S/C25H21N3O4/c1-2-31-24(30)21-22(16-9-8-12-18(15-16)32-17-10-4-3-5-11-17)28-20-14-7-6-13-19(20)26-25(28)27-23(21)29/h3-15,21-22H,2H2,1H3,(H,26,27,29)/t21-,22-/m0/s1. The SMILES string of the molecule is CCOC(=O)[C@@H]1C(=O)Nc2nc3ccccc3n2[C@H]1c1cccc(Oc2ccccc2)c1. The molecule has 1 N–H and O–H groups in total. The molecule has 160 valence electrons. The molecule has 7 heteroatoms. The predicted molar refractivity (Wildman–Crippen MR) is 120 cm³/mol. The van der Waals surface area contributed by atoms with E-state index in [-0.39, 0.29) is 6.61 Å². The Morgan fingerprint density at radius 1 is 1.00 bits per heavy atom. The van der Waals surface area contributed by atoms with Gasteiger partial charge in [-0.1, -0.05) is 42.5 Å². The summed E-state index contributed by atoms with van der Waals surface area (Å²) in [4.78, 5) is 30.5. The quantitative estimate of drug-likeness (QED) is 0.373. The van der Waals surface area contributed by atoms with Gasteiger partial charge in [-0.3, -0.25) is 14.9 Å². The van der Waals surface area contributed by atoms with Crippen molar-refractivity contribution in [1.82, 2.24) is 9.55 Å². The van der Waals surface area contributed by atoms with Crippen molar-refractivity contribution in [2.45, 2.75) is 13.0 Å². The number of fused-ring (bicyclic) bond motifs is 3. The van der Waals surface area contributed by atoms with Crippen LogP contribution >= 0.6 is 0 Å². The van der Waals surface area contributed by atoms with Gasteiger partial charge in [0.05, 0.1) is 23.7 Å². The van der Waals surface area contributed by atoms with Crippen LogP contribution in [0.15, 0.2) is 78.9 Å². The number of carbonyl (C=O) groups excluding carboxylic acids is 2. The van der Waals surface area contributed by atoms with E-state index >= 15 is 0 Å². The lowest BCUT2D eigenvalue weighted by atomic mass is 9.90. The van der Waals surface area contributed by atoms with Crippen molar-refractivity contribution in [3.8, 4) is 11.5 Å². The number of hydrogen-bond donors (Lipinski definition) is 1. The summed E-state index contributed by atoms with van der Waals surface area (Å²) < 4.78 is 13.2. The molecule has 0 saturated heterocycles. The molecule has 1 aromatic heterocycles. The van der Waals surface area contributed by atoms with Crippen LogP contribution in [-0.2, 0) is 14.3 Å². The highest BCUT2D eigenvalue weighted by Gasteiger charge is 2.44. The molecule has 5 rings (SSSR count). The summed E-state index contributed by atoms with van der Waals surface area (Å²) in [6.45, 7) is 1.91. The molecule has 0 spiro atoms. The molecule has 1 amide bonds. The lowest BCUT2D eigenvalue weighted by Gasteiger charge is -2.32. The Hall–Kier alpha value is -4.13. The number of carbonyl (C=O) groups is 2. The van der Waals surface area contributed by atoms with Gasteiger partial charge in [0.25, 0.3) is 0 Å². The van der Waals surface area contributed by atoms with E-state index in [1.807, 2.05) is 83.4 Å². The molecule has 0 bridgehead atoms. The number of aromatic nitrogens is 2. The van der Waals surface area contributed by atoms with Gasteiger partial charge in [-0.25, -0.2) is 4.98 Å². The van der Waals surface area contributed by atoms with E-state index in [2.05, 4.69) is 10.3 Å². The zero-order valence-corrected chi connectivity index (χ0v) is 17.4. The minimum atomic E-state index is -1.06. The zero-order valence-electron chi connectivity index (χ0n) is 17.4. The van der Waals surface area contributed by atoms with Crippen LogP contribution in [0, 0.1) is 5.92 Å². The van der Waals surface area contributed by atoms with Crippen molar-refractivity contribution in [3.63, 3.8) is 0 Å². The fraction of sp³-hybridized carbons (Fsp3) is 0.160. The smallest absolute Gasteiger partial charge is 0.321 e. The molecule has 2 atom stereocenters. The Morgan fingerprint density at radius 3 is 2.56 bits per heavy atom. The van der Waals surface area contributed by atoms with Gasteiger partial charge in [0, 0.05) is 0 Å². The Kier molecular flexibility index (Phi) is 5.07. The number of hydrogen-bond acceptors (Lipinski definition) is 5. The first kappa shape index (κ1) is 19.8. The van der Waals surface area contributed by atoms with Crippen molar-refractivity contribution < 1.29 is 19.1 Å². The first-order valence-corrected chi connectivity index (χ1v) is 10.4. The van der Waals surface area contributed by atoms with E-state index in [4.69, 9.17) is 9.47 Å². The molecule has 3 aromatic carbocycles. The maximum Gasteiger partial charge on any atom is 0.321 e. The highest BCUT2D eigenvalue weighted by atomic mass is 16.5. The number of ether oxygens (including phenoxy) is 2. The van der Waals surface area contributed by atoms with Gasteiger partial charge in [-0.15, -0.1) is 0 Å². The lowest BCUT2D eigenvalue weighted by molar-refractivity contribution is -0.152. The average Bonchev–Trinajstić information content (AvgIpc) is 3.17. The highest BCUT2D eigenvalue weighted by Crippen LogP contribution is 2.39. The number of nitrogens with zero attached hydrogens (tertiary/aromatic N) is 2. The van der Waals surface area contributed by atoms with Crippen LogP contribution in [0.4, 0.5) is 5.95 Å². The number of nitrogens with one attached hydrogen (secondary N) is 1.